The van der Waals surface area contributed by atoms with Crippen LogP contribution in [0, 0.1) is 5.41 Å². The molecule has 0 radical (unpaired) electrons. The monoisotopic (exact) mass is 212 g/mol. The Morgan fingerprint density at radius 1 is 1.40 bits per heavy atom. The SMILES string of the molecule is CC1=CC(=O)CC(C)(C)C1.CCCCO. The second-order valence-corrected chi connectivity index (χ2v) is 5.05. The lowest BCUT2D eigenvalue weighted by atomic mass is 9.77. The largest absolute Gasteiger partial charge is 0.396 e. The second kappa shape index (κ2) is 6.78. The van der Waals surface area contributed by atoms with Crippen molar-refractivity contribution in [2.45, 2.75) is 53.4 Å². The van der Waals surface area contributed by atoms with E-state index in [-0.39, 0.29) is 11.2 Å². The van der Waals surface area contributed by atoms with Gasteiger partial charge in [-0.25, -0.2) is 0 Å². The number of carbonyl (C=O) groups excluding carboxylic acids is 1. The van der Waals surface area contributed by atoms with Crippen molar-refractivity contribution in [2.75, 3.05) is 6.61 Å². The van der Waals surface area contributed by atoms with Gasteiger partial charge in [0.15, 0.2) is 5.78 Å². The molecule has 0 atom stereocenters. The minimum atomic E-state index is 0.204. The van der Waals surface area contributed by atoms with Crippen molar-refractivity contribution in [2.24, 2.45) is 5.41 Å². The first kappa shape index (κ1) is 14.4. The Kier molecular flexibility index (Phi) is 6.50. The van der Waals surface area contributed by atoms with Crippen LogP contribution in [0.1, 0.15) is 53.4 Å². The molecule has 1 N–H and O–H groups in total. The van der Waals surface area contributed by atoms with Crippen molar-refractivity contribution < 1.29 is 9.90 Å². The fourth-order valence-corrected chi connectivity index (χ4v) is 1.82. The lowest BCUT2D eigenvalue weighted by Crippen LogP contribution is -2.20. The third-order valence-electron chi connectivity index (χ3n) is 2.33. The van der Waals surface area contributed by atoms with E-state index >= 15 is 0 Å². The molecule has 15 heavy (non-hydrogen) atoms. The summed E-state index contributed by atoms with van der Waals surface area (Å²) in [6, 6.07) is 0. The molecule has 0 aliphatic heterocycles. The van der Waals surface area contributed by atoms with E-state index in [1.54, 1.807) is 6.08 Å². The Morgan fingerprint density at radius 3 is 2.27 bits per heavy atom. The van der Waals surface area contributed by atoms with Gasteiger partial charge in [0.2, 0.25) is 0 Å². The van der Waals surface area contributed by atoms with Gasteiger partial charge in [0.1, 0.15) is 0 Å². The molecule has 2 nitrogen and oxygen atoms in total. The lowest BCUT2D eigenvalue weighted by Gasteiger charge is -2.27. The Balaban J connectivity index is 0.000000336. The number of rotatable bonds is 2. The molecule has 0 saturated heterocycles. The molecule has 0 fully saturated rings. The molecule has 88 valence electrons. The summed E-state index contributed by atoms with van der Waals surface area (Å²) in [7, 11) is 0. The fraction of sp³-hybridized carbons (Fsp3) is 0.769. The van der Waals surface area contributed by atoms with Crippen molar-refractivity contribution in [1.29, 1.82) is 0 Å². The number of unbranched alkanes of at least 4 members (excludes halogenated alkanes) is 1. The molecule has 0 heterocycles. The zero-order valence-corrected chi connectivity index (χ0v) is 10.5. The first-order valence-electron chi connectivity index (χ1n) is 5.72. The first-order chi connectivity index (χ1) is 6.91. The summed E-state index contributed by atoms with van der Waals surface area (Å²) in [4.78, 5) is 11.0. The number of ketones is 1. The van der Waals surface area contributed by atoms with E-state index in [1.807, 2.05) is 6.92 Å². The van der Waals surface area contributed by atoms with E-state index in [4.69, 9.17) is 5.11 Å². The number of hydrogen-bond acceptors (Lipinski definition) is 2. The normalized spacial score (nSPS) is 19.0. The molecule has 0 unspecified atom stereocenters. The maximum atomic E-state index is 11.0. The van der Waals surface area contributed by atoms with Crippen LogP contribution >= 0.6 is 0 Å². The number of allylic oxidation sites excluding steroid dienone is 2. The Labute approximate surface area is 93.4 Å². The number of carbonyl (C=O) groups is 1. The van der Waals surface area contributed by atoms with Crippen LogP contribution in [0.3, 0.4) is 0 Å². The van der Waals surface area contributed by atoms with Gasteiger partial charge in [0.05, 0.1) is 0 Å². The average molecular weight is 212 g/mol. The molecule has 1 aliphatic carbocycles. The van der Waals surface area contributed by atoms with E-state index in [0.717, 1.165) is 19.3 Å². The second-order valence-electron chi connectivity index (χ2n) is 5.05. The zero-order chi connectivity index (χ0) is 11.9. The molecule has 0 aromatic heterocycles. The van der Waals surface area contributed by atoms with Crippen LogP contribution in [-0.2, 0) is 4.79 Å². The van der Waals surface area contributed by atoms with E-state index in [0.29, 0.717) is 13.0 Å². The summed E-state index contributed by atoms with van der Waals surface area (Å²) < 4.78 is 0. The quantitative estimate of drug-likeness (QED) is 0.763. The average Bonchev–Trinajstić information content (AvgIpc) is 2.01. The van der Waals surface area contributed by atoms with Crippen LogP contribution in [0.4, 0.5) is 0 Å². The van der Waals surface area contributed by atoms with Gasteiger partial charge in [-0.05, 0) is 31.3 Å². The van der Waals surface area contributed by atoms with Crippen LogP contribution in [0.5, 0.6) is 0 Å². The van der Waals surface area contributed by atoms with Crippen LogP contribution < -0.4 is 0 Å². The third-order valence-corrected chi connectivity index (χ3v) is 2.33. The molecular formula is C13H24O2. The van der Waals surface area contributed by atoms with Gasteiger partial charge in [0.25, 0.3) is 0 Å². The number of aliphatic hydroxyl groups excluding tert-OH is 1. The highest BCUT2D eigenvalue weighted by atomic mass is 16.2. The smallest absolute Gasteiger partial charge is 0.156 e. The van der Waals surface area contributed by atoms with Gasteiger partial charge < -0.3 is 5.11 Å². The topological polar surface area (TPSA) is 37.3 Å². The number of aliphatic hydroxyl groups is 1. The van der Waals surface area contributed by atoms with Gasteiger partial charge >= 0.3 is 0 Å². The van der Waals surface area contributed by atoms with E-state index in [2.05, 4.69) is 20.8 Å². The molecule has 0 aromatic rings. The molecule has 1 rings (SSSR count). The Morgan fingerprint density at radius 2 is 2.00 bits per heavy atom. The van der Waals surface area contributed by atoms with Crippen LogP contribution in [0.15, 0.2) is 11.6 Å². The van der Waals surface area contributed by atoms with Crippen molar-refractivity contribution in [3.05, 3.63) is 11.6 Å². The summed E-state index contributed by atoms with van der Waals surface area (Å²) >= 11 is 0. The van der Waals surface area contributed by atoms with Gasteiger partial charge in [-0.1, -0.05) is 32.8 Å². The van der Waals surface area contributed by atoms with Crippen LogP contribution in [0.2, 0.25) is 0 Å². The Hall–Kier alpha value is -0.630. The highest BCUT2D eigenvalue weighted by Gasteiger charge is 2.25. The van der Waals surface area contributed by atoms with Gasteiger partial charge in [-0.3, -0.25) is 4.79 Å². The summed E-state index contributed by atoms with van der Waals surface area (Å²) in [6.45, 7) is 8.70. The van der Waals surface area contributed by atoms with Crippen LogP contribution in [-0.4, -0.2) is 17.5 Å². The molecule has 0 amide bonds. The fourth-order valence-electron chi connectivity index (χ4n) is 1.82. The van der Waals surface area contributed by atoms with Gasteiger partial charge in [-0.2, -0.15) is 0 Å². The Bertz CT molecular complexity index is 225. The standard InChI is InChI=1S/C9H14O.C4H10O/c1-7-4-8(10)6-9(2,3)5-7;1-2-3-4-5/h4H,5-6H2,1-3H3;5H,2-4H2,1H3. The molecular weight excluding hydrogens is 188 g/mol. The van der Waals surface area contributed by atoms with E-state index in [1.165, 1.54) is 5.57 Å². The molecule has 0 bridgehead atoms. The molecule has 2 heteroatoms. The minimum absolute atomic E-state index is 0.204. The third kappa shape index (κ3) is 7.32. The zero-order valence-electron chi connectivity index (χ0n) is 10.5. The molecule has 1 aliphatic rings. The maximum absolute atomic E-state index is 11.0. The van der Waals surface area contributed by atoms with Crippen molar-refractivity contribution >= 4 is 5.78 Å². The highest BCUT2D eigenvalue weighted by molar-refractivity contribution is 5.91. The molecule has 0 spiro atoms. The minimum Gasteiger partial charge on any atom is -0.396 e. The summed E-state index contributed by atoms with van der Waals surface area (Å²) in [5, 5.41) is 8.07. The molecule has 0 aromatic carbocycles. The number of hydrogen-bond donors (Lipinski definition) is 1. The molecule has 0 saturated carbocycles. The van der Waals surface area contributed by atoms with Crippen molar-refractivity contribution in [1.82, 2.24) is 0 Å². The van der Waals surface area contributed by atoms with Crippen molar-refractivity contribution in [3.63, 3.8) is 0 Å². The first-order valence-corrected chi connectivity index (χ1v) is 5.72. The van der Waals surface area contributed by atoms with E-state index in [9.17, 15) is 4.79 Å². The highest BCUT2D eigenvalue weighted by Crippen LogP contribution is 2.32. The maximum Gasteiger partial charge on any atom is 0.156 e. The summed E-state index contributed by atoms with van der Waals surface area (Å²) in [6.07, 6.45) is 5.59. The summed E-state index contributed by atoms with van der Waals surface area (Å²) in [5.74, 6) is 0.286. The van der Waals surface area contributed by atoms with Crippen LogP contribution in [0.25, 0.3) is 0 Å². The van der Waals surface area contributed by atoms with Gasteiger partial charge in [0, 0.05) is 13.0 Å². The summed E-state index contributed by atoms with van der Waals surface area (Å²) in [5.41, 5.74) is 1.43. The van der Waals surface area contributed by atoms with E-state index < -0.39 is 0 Å². The lowest BCUT2D eigenvalue weighted by molar-refractivity contribution is -0.117. The predicted octanol–water partition coefficient (Wildman–Crippen LogP) is 3.10. The van der Waals surface area contributed by atoms with Crippen molar-refractivity contribution in [3.8, 4) is 0 Å². The van der Waals surface area contributed by atoms with Gasteiger partial charge in [-0.15, -0.1) is 0 Å². The predicted molar refractivity (Wildman–Crippen MR) is 63.8 cm³/mol.